The number of rotatable bonds is 12. The molecule has 0 saturated carbocycles. The average Bonchev–Trinajstić information content (AvgIpc) is 2.40. The van der Waals surface area contributed by atoms with Crippen LogP contribution >= 0.6 is 0 Å². The lowest BCUT2D eigenvalue weighted by molar-refractivity contribution is -0.134. The molecule has 0 bridgehead atoms. The van der Waals surface area contributed by atoms with Crippen LogP contribution in [0, 0.1) is 0 Å². The summed E-state index contributed by atoms with van der Waals surface area (Å²) in [7, 11) is 0. The summed E-state index contributed by atoms with van der Waals surface area (Å²) in [5, 5.41) is 19.0. The van der Waals surface area contributed by atoms with Crippen molar-refractivity contribution in [2.75, 3.05) is 0 Å². The summed E-state index contributed by atoms with van der Waals surface area (Å²) in [6.45, 7) is 7.14. The Morgan fingerprint density at radius 2 is 1.60 bits per heavy atom. The minimum atomic E-state index is -1.45. The van der Waals surface area contributed by atoms with Crippen LogP contribution in [0.5, 0.6) is 0 Å². The molecule has 2 N–H and O–H groups in total. The average molecular weight is 282 g/mol. The Bertz CT molecular complexity index is 316. The Balaban J connectivity index is 3.91. The quantitative estimate of drug-likeness (QED) is 0.315. The van der Waals surface area contributed by atoms with Gasteiger partial charge in [0.1, 0.15) is 5.60 Å². The first-order valence-electron chi connectivity index (χ1n) is 7.75. The normalized spacial score (nSPS) is 14.8. The van der Waals surface area contributed by atoms with E-state index in [0.29, 0.717) is 6.42 Å². The number of unbranched alkanes of at least 4 members (excludes halogenated alkanes) is 8. The van der Waals surface area contributed by atoms with Gasteiger partial charge in [-0.15, -0.1) is 0 Å². The second-order valence-corrected chi connectivity index (χ2v) is 5.54. The molecule has 0 heterocycles. The highest BCUT2D eigenvalue weighted by Gasteiger charge is 2.26. The number of aliphatic carboxylic acids is 1. The lowest BCUT2D eigenvalue weighted by atomic mass is 9.94. The Morgan fingerprint density at radius 3 is 2.05 bits per heavy atom. The summed E-state index contributed by atoms with van der Waals surface area (Å²) in [5.41, 5.74) is -1.43. The van der Waals surface area contributed by atoms with Crippen LogP contribution in [0.25, 0.3) is 0 Å². The maximum Gasteiger partial charge on any atom is 0.334 e. The van der Waals surface area contributed by atoms with Gasteiger partial charge in [-0.3, -0.25) is 0 Å². The van der Waals surface area contributed by atoms with Gasteiger partial charge in [0, 0.05) is 0 Å². The van der Waals surface area contributed by atoms with Crippen LogP contribution in [-0.2, 0) is 4.79 Å². The highest BCUT2D eigenvalue weighted by molar-refractivity contribution is 5.89. The van der Waals surface area contributed by atoms with Crippen LogP contribution in [-0.4, -0.2) is 21.8 Å². The van der Waals surface area contributed by atoms with E-state index in [4.69, 9.17) is 5.11 Å². The van der Waals surface area contributed by atoms with Gasteiger partial charge in [-0.1, -0.05) is 70.6 Å². The highest BCUT2D eigenvalue weighted by Crippen LogP contribution is 2.19. The van der Waals surface area contributed by atoms with Gasteiger partial charge in [0.2, 0.25) is 0 Å². The molecule has 0 aliphatic carbocycles. The summed E-state index contributed by atoms with van der Waals surface area (Å²) in [6, 6.07) is 0. The lowest BCUT2D eigenvalue weighted by Crippen LogP contribution is -2.28. The second-order valence-electron chi connectivity index (χ2n) is 5.54. The van der Waals surface area contributed by atoms with E-state index < -0.39 is 11.6 Å². The van der Waals surface area contributed by atoms with Gasteiger partial charge < -0.3 is 10.2 Å². The standard InChI is InChI=1S/C17H30O3/c1-4-6-7-8-9-10-11-12-13-14-15(16(18)19)17(3,20)5-2/h5,14,20H,2,4,6-13H2,1,3H3,(H,18,19)/b15-14+. The molecule has 0 aromatic carbocycles. The maximum atomic E-state index is 11.1. The van der Waals surface area contributed by atoms with Crippen LogP contribution in [0.15, 0.2) is 24.3 Å². The van der Waals surface area contributed by atoms with Gasteiger partial charge in [0.05, 0.1) is 5.57 Å². The molecule has 1 atom stereocenters. The monoisotopic (exact) mass is 282 g/mol. The van der Waals surface area contributed by atoms with Crippen LogP contribution in [0.2, 0.25) is 0 Å². The van der Waals surface area contributed by atoms with Crippen molar-refractivity contribution in [1.82, 2.24) is 0 Å². The molecule has 0 aromatic heterocycles. The first-order valence-corrected chi connectivity index (χ1v) is 7.75. The van der Waals surface area contributed by atoms with E-state index in [2.05, 4.69) is 13.5 Å². The Kier molecular flexibility index (Phi) is 10.1. The molecule has 0 aliphatic rings. The van der Waals surface area contributed by atoms with Gasteiger partial charge in [-0.05, 0) is 19.8 Å². The number of allylic oxidation sites excluding steroid dienone is 1. The largest absolute Gasteiger partial charge is 0.478 e. The topological polar surface area (TPSA) is 57.5 Å². The first-order chi connectivity index (χ1) is 9.45. The van der Waals surface area contributed by atoms with E-state index in [1.807, 2.05) is 0 Å². The third-order valence-electron chi connectivity index (χ3n) is 3.58. The van der Waals surface area contributed by atoms with Crippen molar-refractivity contribution in [1.29, 1.82) is 0 Å². The summed E-state index contributed by atoms with van der Waals surface area (Å²) in [6.07, 6.45) is 13.4. The van der Waals surface area contributed by atoms with Crippen molar-refractivity contribution in [2.45, 2.75) is 77.2 Å². The molecule has 0 rings (SSSR count). The fraction of sp³-hybridized carbons (Fsp3) is 0.706. The van der Waals surface area contributed by atoms with Crippen molar-refractivity contribution in [2.24, 2.45) is 0 Å². The van der Waals surface area contributed by atoms with Crippen LogP contribution < -0.4 is 0 Å². The highest BCUT2D eigenvalue weighted by atomic mass is 16.4. The molecule has 3 heteroatoms. The molecular weight excluding hydrogens is 252 g/mol. The zero-order valence-electron chi connectivity index (χ0n) is 13.0. The molecule has 0 saturated heterocycles. The third-order valence-corrected chi connectivity index (χ3v) is 3.58. The van der Waals surface area contributed by atoms with Crippen molar-refractivity contribution in [3.8, 4) is 0 Å². The number of carboxylic acids is 1. The summed E-state index contributed by atoms with van der Waals surface area (Å²) in [5.74, 6) is -1.07. The maximum absolute atomic E-state index is 11.1. The number of carboxylic acid groups (broad SMARTS) is 1. The minimum absolute atomic E-state index is 0.0236. The number of aliphatic hydroxyl groups is 1. The predicted octanol–water partition coefficient (Wildman–Crippen LogP) is 4.47. The van der Waals surface area contributed by atoms with Crippen molar-refractivity contribution >= 4 is 5.97 Å². The Morgan fingerprint density at radius 1 is 1.10 bits per heavy atom. The second kappa shape index (κ2) is 10.7. The molecule has 0 radical (unpaired) electrons. The Labute approximate surface area is 123 Å². The first kappa shape index (κ1) is 18.9. The van der Waals surface area contributed by atoms with Crippen LogP contribution in [0.4, 0.5) is 0 Å². The smallest absolute Gasteiger partial charge is 0.334 e. The molecular formula is C17H30O3. The van der Waals surface area contributed by atoms with E-state index in [1.54, 1.807) is 6.08 Å². The number of hydrogen-bond donors (Lipinski definition) is 2. The summed E-state index contributed by atoms with van der Waals surface area (Å²) >= 11 is 0. The number of carbonyl (C=O) groups is 1. The zero-order chi connectivity index (χ0) is 15.4. The van der Waals surface area contributed by atoms with Gasteiger partial charge in [0.25, 0.3) is 0 Å². The molecule has 0 aromatic rings. The van der Waals surface area contributed by atoms with Gasteiger partial charge in [0.15, 0.2) is 0 Å². The van der Waals surface area contributed by atoms with Gasteiger partial charge in [-0.25, -0.2) is 4.79 Å². The molecule has 3 nitrogen and oxygen atoms in total. The number of hydrogen-bond acceptors (Lipinski definition) is 2. The van der Waals surface area contributed by atoms with E-state index in [-0.39, 0.29) is 5.57 Å². The summed E-state index contributed by atoms with van der Waals surface area (Å²) in [4.78, 5) is 11.1. The zero-order valence-corrected chi connectivity index (χ0v) is 13.0. The Hall–Kier alpha value is -1.09. The molecule has 0 amide bonds. The van der Waals surface area contributed by atoms with Crippen LogP contribution in [0.1, 0.15) is 71.6 Å². The van der Waals surface area contributed by atoms with Crippen molar-refractivity contribution in [3.05, 3.63) is 24.3 Å². The van der Waals surface area contributed by atoms with Crippen molar-refractivity contribution < 1.29 is 15.0 Å². The molecule has 0 aliphatic heterocycles. The summed E-state index contributed by atoms with van der Waals surface area (Å²) < 4.78 is 0. The molecule has 0 fully saturated rings. The van der Waals surface area contributed by atoms with E-state index in [1.165, 1.54) is 51.5 Å². The van der Waals surface area contributed by atoms with Crippen molar-refractivity contribution in [3.63, 3.8) is 0 Å². The fourth-order valence-electron chi connectivity index (χ4n) is 2.15. The SMILES string of the molecule is C=CC(C)(O)/C(=C/CCCCCCCCCC)C(=O)O. The van der Waals surface area contributed by atoms with Crippen LogP contribution in [0.3, 0.4) is 0 Å². The molecule has 0 spiro atoms. The molecule has 116 valence electrons. The molecule has 20 heavy (non-hydrogen) atoms. The minimum Gasteiger partial charge on any atom is -0.478 e. The van der Waals surface area contributed by atoms with E-state index >= 15 is 0 Å². The van der Waals surface area contributed by atoms with E-state index in [9.17, 15) is 9.90 Å². The van der Waals surface area contributed by atoms with Gasteiger partial charge >= 0.3 is 5.97 Å². The third kappa shape index (κ3) is 8.16. The fourth-order valence-corrected chi connectivity index (χ4v) is 2.15. The lowest BCUT2D eigenvalue weighted by Gasteiger charge is -2.19. The van der Waals surface area contributed by atoms with E-state index in [0.717, 1.165) is 12.8 Å². The predicted molar refractivity (Wildman–Crippen MR) is 83.8 cm³/mol. The van der Waals surface area contributed by atoms with Gasteiger partial charge in [-0.2, -0.15) is 0 Å². The molecule has 1 unspecified atom stereocenters.